The first-order valence-electron chi connectivity index (χ1n) is 16.4. The summed E-state index contributed by atoms with van der Waals surface area (Å²) in [6.07, 6.45) is 0. The van der Waals surface area contributed by atoms with Gasteiger partial charge in [-0.25, -0.2) is 4.98 Å². The number of aromatic nitrogens is 3. The normalized spacial score (nSPS) is 11.8. The van der Waals surface area contributed by atoms with Crippen LogP contribution in [0.4, 0.5) is 0 Å². The van der Waals surface area contributed by atoms with Gasteiger partial charge in [0.2, 0.25) is 0 Å². The topological polar surface area (TPSA) is 58.9 Å². The van der Waals surface area contributed by atoms with Crippen molar-refractivity contribution in [3.8, 4) is 50.6 Å². The molecule has 1 N–H and O–H groups in total. The quantitative estimate of drug-likeness (QED) is 0.198. The van der Waals surface area contributed by atoms with Crippen LogP contribution in [0, 0.1) is 0 Å². The third-order valence-corrected chi connectivity index (χ3v) is 9.76. The van der Waals surface area contributed by atoms with Gasteiger partial charge in [0.15, 0.2) is 0 Å². The van der Waals surface area contributed by atoms with E-state index in [1.165, 1.54) is 21.5 Å². The number of hydrogen-bond acceptors (Lipinski definition) is 4. The van der Waals surface area contributed by atoms with Gasteiger partial charge in [-0.2, -0.15) is 0 Å². The molecule has 0 unspecified atom stereocenters. The maximum atomic E-state index is 11.8. The van der Waals surface area contributed by atoms with Crippen LogP contribution in [0.2, 0.25) is 0 Å². The minimum absolute atomic E-state index is 0.208. The van der Waals surface area contributed by atoms with E-state index in [0.29, 0.717) is 5.69 Å². The smallest absolute Gasteiger partial charge is 0.126 e. The van der Waals surface area contributed by atoms with Crippen molar-refractivity contribution in [2.75, 3.05) is 0 Å². The van der Waals surface area contributed by atoms with Gasteiger partial charge in [0, 0.05) is 22.1 Å². The number of benzene rings is 8. The molecule has 2 heterocycles. The van der Waals surface area contributed by atoms with E-state index >= 15 is 0 Å². The zero-order chi connectivity index (χ0) is 32.5. The number of hydrogen-bond donors (Lipinski definition) is 1. The average Bonchev–Trinajstić information content (AvgIpc) is 3.16. The molecule has 0 atom stereocenters. The second-order valence-corrected chi connectivity index (χ2v) is 12.6. The molecule has 8 aromatic carbocycles. The van der Waals surface area contributed by atoms with Crippen LogP contribution in [-0.4, -0.2) is 20.3 Å². The highest BCUT2D eigenvalue weighted by Gasteiger charge is 2.19. The molecule has 0 radical (unpaired) electrons. The molecule has 10 aromatic rings. The first-order valence-corrected chi connectivity index (χ1v) is 16.4. The summed E-state index contributed by atoms with van der Waals surface area (Å²) in [5.74, 6) is 0.208. The van der Waals surface area contributed by atoms with E-state index in [1.807, 2.05) is 30.3 Å². The summed E-state index contributed by atoms with van der Waals surface area (Å²) >= 11 is 0. The second-order valence-electron chi connectivity index (χ2n) is 12.6. The summed E-state index contributed by atoms with van der Waals surface area (Å²) in [5.41, 5.74) is 7.96. The molecule has 0 amide bonds. The van der Waals surface area contributed by atoms with Gasteiger partial charge in [0.05, 0.1) is 22.6 Å². The fourth-order valence-electron chi connectivity index (χ4n) is 7.47. The van der Waals surface area contributed by atoms with E-state index in [9.17, 15) is 5.11 Å². The summed E-state index contributed by atoms with van der Waals surface area (Å²) in [6, 6.07) is 54.3. The number of pyridine rings is 1. The number of fused-ring (bicyclic) bond motifs is 2. The lowest BCUT2D eigenvalue weighted by molar-refractivity contribution is 0.478. The molecule has 0 saturated heterocycles. The fraction of sp³-hybridized carbons (Fsp3) is 0. The lowest BCUT2D eigenvalue weighted by Gasteiger charge is -2.17. The summed E-state index contributed by atoms with van der Waals surface area (Å²) in [4.78, 5) is 5.31. The van der Waals surface area contributed by atoms with E-state index in [2.05, 4.69) is 138 Å². The molecular weight excluding hydrogens is 599 g/mol. The molecule has 0 aliphatic heterocycles. The summed E-state index contributed by atoms with van der Waals surface area (Å²) < 4.78 is 0. The van der Waals surface area contributed by atoms with Crippen LogP contribution in [0.5, 0.6) is 5.75 Å². The van der Waals surface area contributed by atoms with Crippen LogP contribution in [-0.2, 0) is 0 Å². The van der Waals surface area contributed by atoms with Gasteiger partial charge in [0.25, 0.3) is 0 Å². The van der Waals surface area contributed by atoms with Crippen molar-refractivity contribution in [2.24, 2.45) is 0 Å². The van der Waals surface area contributed by atoms with E-state index in [1.54, 1.807) is 0 Å². The molecule has 0 saturated carbocycles. The van der Waals surface area contributed by atoms with Gasteiger partial charge in [-0.3, -0.25) is 0 Å². The molecule has 4 nitrogen and oxygen atoms in total. The minimum atomic E-state index is 0.208. The molecule has 0 aliphatic rings. The van der Waals surface area contributed by atoms with Crippen LogP contribution < -0.4 is 0 Å². The van der Waals surface area contributed by atoms with Gasteiger partial charge in [-0.05, 0) is 90.6 Å². The summed E-state index contributed by atoms with van der Waals surface area (Å²) in [5, 5.41) is 30.8. The lowest BCUT2D eigenvalue weighted by atomic mass is 9.89. The van der Waals surface area contributed by atoms with Gasteiger partial charge in [-0.1, -0.05) is 121 Å². The molecule has 0 aliphatic carbocycles. The monoisotopic (exact) mass is 625 g/mol. The Morgan fingerprint density at radius 3 is 1.96 bits per heavy atom. The van der Waals surface area contributed by atoms with Crippen molar-refractivity contribution in [2.45, 2.75) is 0 Å². The number of aromatic hydroxyl groups is 1. The van der Waals surface area contributed by atoms with E-state index in [4.69, 9.17) is 4.98 Å². The Morgan fingerprint density at radius 1 is 0.388 bits per heavy atom. The minimum Gasteiger partial charge on any atom is -0.507 e. The van der Waals surface area contributed by atoms with Gasteiger partial charge < -0.3 is 5.11 Å². The molecule has 0 spiro atoms. The van der Waals surface area contributed by atoms with Crippen molar-refractivity contribution in [1.82, 2.24) is 15.2 Å². The number of nitrogens with zero attached hydrogens (tertiary/aromatic N) is 3. The molecule has 2 aromatic heterocycles. The molecule has 49 heavy (non-hydrogen) atoms. The van der Waals surface area contributed by atoms with Crippen LogP contribution >= 0.6 is 0 Å². The standard InChI is InChI=1S/C45H27N3O/c49-42-26-33-19-18-28-11-5-12-29-20-21-37(44(33)43(28)29)45(42)41-25-34(36-16-7-10-27-8-1-3-15-35(27)36)24-39(46-41)30-13-6-14-31(22-30)40-23-32-9-2-4-17-38(32)47-48-40/h1-26,49H. The van der Waals surface area contributed by atoms with Crippen molar-refractivity contribution < 1.29 is 5.11 Å². The zero-order valence-electron chi connectivity index (χ0n) is 26.3. The first kappa shape index (κ1) is 27.5. The van der Waals surface area contributed by atoms with Gasteiger partial charge in [0.1, 0.15) is 5.75 Å². The van der Waals surface area contributed by atoms with Crippen LogP contribution in [0.1, 0.15) is 0 Å². The number of rotatable bonds is 4. The highest BCUT2D eigenvalue weighted by Crippen LogP contribution is 2.45. The lowest BCUT2D eigenvalue weighted by Crippen LogP contribution is -1.95. The molecule has 0 bridgehead atoms. The number of phenols is 1. The van der Waals surface area contributed by atoms with Crippen LogP contribution in [0.3, 0.4) is 0 Å². The molecular formula is C45H27N3O. The highest BCUT2D eigenvalue weighted by atomic mass is 16.3. The maximum absolute atomic E-state index is 11.8. The summed E-state index contributed by atoms with van der Waals surface area (Å²) in [6.45, 7) is 0. The van der Waals surface area contributed by atoms with Crippen molar-refractivity contribution in [1.29, 1.82) is 0 Å². The Morgan fingerprint density at radius 2 is 1.06 bits per heavy atom. The van der Waals surface area contributed by atoms with Gasteiger partial charge >= 0.3 is 0 Å². The average molecular weight is 626 g/mol. The van der Waals surface area contributed by atoms with E-state index < -0.39 is 0 Å². The SMILES string of the molecule is Oc1cc2ccc3cccc4ccc(c1-c1cc(-c5cccc6ccccc56)cc(-c5cccc(-c6cc7ccccc7nn6)c5)n1)c2c34. The number of phenolic OH excluding ortho intramolecular Hbond substituents is 1. The Kier molecular flexibility index (Phi) is 5.99. The predicted octanol–water partition coefficient (Wildman–Crippen LogP) is 11.4. The molecule has 228 valence electrons. The maximum Gasteiger partial charge on any atom is 0.126 e. The van der Waals surface area contributed by atoms with Crippen molar-refractivity contribution in [3.63, 3.8) is 0 Å². The molecule has 0 fully saturated rings. The summed E-state index contributed by atoms with van der Waals surface area (Å²) in [7, 11) is 0. The largest absolute Gasteiger partial charge is 0.507 e. The van der Waals surface area contributed by atoms with Crippen LogP contribution in [0.25, 0.3) is 98.9 Å². The predicted molar refractivity (Wildman–Crippen MR) is 202 cm³/mol. The first-order chi connectivity index (χ1) is 24.2. The third-order valence-electron chi connectivity index (χ3n) is 9.76. The second kappa shape index (κ2) is 10.7. The van der Waals surface area contributed by atoms with Crippen molar-refractivity contribution in [3.05, 3.63) is 158 Å². The van der Waals surface area contributed by atoms with E-state index in [0.717, 1.165) is 71.7 Å². The van der Waals surface area contributed by atoms with Gasteiger partial charge in [-0.15, -0.1) is 10.2 Å². The Bertz CT molecular complexity index is 2890. The molecule has 4 heteroatoms. The van der Waals surface area contributed by atoms with Crippen molar-refractivity contribution >= 4 is 54.0 Å². The Balaban J connectivity index is 1.23. The van der Waals surface area contributed by atoms with Crippen LogP contribution in [0.15, 0.2) is 158 Å². The zero-order valence-corrected chi connectivity index (χ0v) is 26.3. The fourth-order valence-corrected chi connectivity index (χ4v) is 7.47. The Labute approximate surface area is 281 Å². The highest BCUT2D eigenvalue weighted by molar-refractivity contribution is 6.26. The third kappa shape index (κ3) is 4.42. The Hall–Kier alpha value is -6.65. The molecule has 10 rings (SSSR count). The van der Waals surface area contributed by atoms with E-state index in [-0.39, 0.29) is 5.75 Å².